The van der Waals surface area contributed by atoms with Crippen LogP contribution in [0.3, 0.4) is 0 Å². The number of nitrogens with one attached hydrogen (secondary N) is 1. The Hall–Kier alpha value is -4.51. The Bertz CT molecular complexity index is 1400. The van der Waals surface area contributed by atoms with Crippen molar-refractivity contribution < 1.29 is 42.5 Å². The predicted molar refractivity (Wildman–Crippen MR) is 159 cm³/mol. The summed E-state index contributed by atoms with van der Waals surface area (Å²) in [4.78, 5) is 41.6. The summed E-state index contributed by atoms with van der Waals surface area (Å²) in [6, 6.07) is 16.3. The first kappa shape index (κ1) is 34.0. The first-order valence-corrected chi connectivity index (χ1v) is 14.1. The molecule has 0 saturated carbocycles. The fourth-order valence-electron chi connectivity index (χ4n) is 4.56. The van der Waals surface area contributed by atoms with Gasteiger partial charge in [0.2, 0.25) is 6.79 Å². The summed E-state index contributed by atoms with van der Waals surface area (Å²) >= 11 is 0. The molecule has 3 atom stereocenters. The van der Waals surface area contributed by atoms with Crippen molar-refractivity contribution in [3.8, 4) is 11.5 Å². The number of amides is 1. The first-order chi connectivity index (χ1) is 20.9. The molecule has 0 aliphatic carbocycles. The van der Waals surface area contributed by atoms with Crippen LogP contribution in [0.5, 0.6) is 11.5 Å². The van der Waals surface area contributed by atoms with Crippen LogP contribution in [-0.4, -0.2) is 54.5 Å². The normalized spacial score (nSPS) is 13.2. The molecule has 44 heavy (non-hydrogen) atoms. The molecule has 0 spiro atoms. The third-order valence-corrected chi connectivity index (χ3v) is 7.05. The van der Waals surface area contributed by atoms with Crippen molar-refractivity contribution in [3.63, 3.8) is 0 Å². The number of halogens is 1. The van der Waals surface area contributed by atoms with E-state index >= 15 is 0 Å². The number of esters is 2. The fraction of sp³-hybridized carbons (Fsp3) is 0.394. The van der Waals surface area contributed by atoms with E-state index in [4.69, 9.17) is 23.7 Å². The highest BCUT2D eigenvalue weighted by atomic mass is 19.1. The fourth-order valence-corrected chi connectivity index (χ4v) is 4.56. The maximum Gasteiger partial charge on any atom is 0.328 e. The number of hydrogen-bond acceptors (Lipinski definition) is 9. The van der Waals surface area contributed by atoms with Crippen LogP contribution in [-0.2, 0) is 36.8 Å². The van der Waals surface area contributed by atoms with E-state index in [-0.39, 0.29) is 28.9 Å². The second-order valence-electron chi connectivity index (χ2n) is 10.7. The average Bonchev–Trinajstić information content (AvgIpc) is 2.99. The van der Waals surface area contributed by atoms with Gasteiger partial charge in [-0.2, -0.15) is 0 Å². The largest absolute Gasteiger partial charge is 0.493 e. The van der Waals surface area contributed by atoms with Crippen LogP contribution < -0.4 is 14.8 Å². The van der Waals surface area contributed by atoms with Crippen molar-refractivity contribution in [1.82, 2.24) is 10.3 Å². The number of hydrogen-bond donors (Lipinski definition) is 1. The molecule has 3 aromatic rings. The Labute approximate surface area is 256 Å². The maximum absolute atomic E-state index is 13.6. The Morgan fingerprint density at radius 3 is 2.30 bits per heavy atom. The molecule has 0 bridgehead atoms. The monoisotopic (exact) mass is 610 g/mol. The van der Waals surface area contributed by atoms with Gasteiger partial charge in [-0.05, 0) is 57.4 Å². The van der Waals surface area contributed by atoms with Crippen molar-refractivity contribution in [2.45, 2.75) is 65.4 Å². The standard InChI is InChI=1S/C33H39FN2O8/c1-21(36-31(38)29-30(42-20-41-23(3)37)28(40-6)16-17-35-29)32(39)44-22(2)27(18-24-12-14-26(34)15-13-24)33(4,5)43-19-25-10-8-7-9-11-25/h7-17,21-22,27H,18-20H2,1-6H3,(H,36,38)/t21-,22-,27-/m0/s1. The van der Waals surface area contributed by atoms with E-state index in [0.29, 0.717) is 13.0 Å². The highest BCUT2D eigenvalue weighted by molar-refractivity contribution is 5.98. The van der Waals surface area contributed by atoms with Gasteiger partial charge in [-0.25, -0.2) is 14.2 Å². The topological polar surface area (TPSA) is 122 Å². The zero-order valence-electron chi connectivity index (χ0n) is 25.8. The lowest BCUT2D eigenvalue weighted by atomic mass is 9.81. The molecule has 236 valence electrons. The van der Waals surface area contributed by atoms with Gasteiger partial charge in [0, 0.05) is 25.1 Å². The van der Waals surface area contributed by atoms with E-state index in [1.807, 2.05) is 44.2 Å². The molecule has 0 fully saturated rings. The number of rotatable bonds is 15. The lowest BCUT2D eigenvalue weighted by molar-refractivity contribution is -0.162. The van der Waals surface area contributed by atoms with E-state index < -0.39 is 42.4 Å². The zero-order chi connectivity index (χ0) is 32.3. The van der Waals surface area contributed by atoms with Crippen molar-refractivity contribution in [2.75, 3.05) is 13.9 Å². The van der Waals surface area contributed by atoms with Gasteiger partial charge in [0.1, 0.15) is 18.0 Å². The Morgan fingerprint density at radius 1 is 0.977 bits per heavy atom. The highest BCUT2D eigenvalue weighted by Gasteiger charge is 2.37. The van der Waals surface area contributed by atoms with Crippen molar-refractivity contribution in [1.29, 1.82) is 0 Å². The molecular formula is C33H39FN2O8. The van der Waals surface area contributed by atoms with E-state index in [2.05, 4.69) is 10.3 Å². The predicted octanol–water partition coefficient (Wildman–Crippen LogP) is 5.03. The van der Waals surface area contributed by atoms with Gasteiger partial charge in [0.15, 0.2) is 17.2 Å². The Kier molecular flexibility index (Phi) is 12.2. The van der Waals surface area contributed by atoms with Crippen LogP contribution in [0.1, 0.15) is 56.2 Å². The van der Waals surface area contributed by atoms with Crippen LogP contribution in [0.15, 0.2) is 66.9 Å². The molecule has 11 heteroatoms. The summed E-state index contributed by atoms with van der Waals surface area (Å²) in [6.07, 6.45) is 1.12. The first-order valence-electron chi connectivity index (χ1n) is 14.1. The smallest absolute Gasteiger partial charge is 0.328 e. The Morgan fingerprint density at radius 2 is 1.66 bits per heavy atom. The molecule has 1 amide bonds. The van der Waals surface area contributed by atoms with Gasteiger partial charge in [0.05, 0.1) is 19.3 Å². The molecule has 1 N–H and O–H groups in total. The highest BCUT2D eigenvalue weighted by Crippen LogP contribution is 2.32. The maximum atomic E-state index is 13.6. The van der Waals surface area contributed by atoms with Gasteiger partial charge >= 0.3 is 11.9 Å². The van der Waals surface area contributed by atoms with Gasteiger partial charge in [0.25, 0.3) is 5.91 Å². The second-order valence-corrected chi connectivity index (χ2v) is 10.7. The molecule has 2 aromatic carbocycles. The third-order valence-electron chi connectivity index (χ3n) is 7.05. The molecule has 0 unspecified atom stereocenters. The summed E-state index contributed by atoms with van der Waals surface area (Å²) in [5.41, 5.74) is 0.899. The van der Waals surface area contributed by atoms with Crippen LogP contribution in [0.4, 0.5) is 4.39 Å². The van der Waals surface area contributed by atoms with Gasteiger partial charge in [-0.3, -0.25) is 9.59 Å². The summed E-state index contributed by atoms with van der Waals surface area (Å²) in [7, 11) is 1.38. The SMILES string of the molecule is COc1ccnc(C(=O)N[C@@H](C)C(=O)O[C@@H](C)[C@H](Cc2ccc(F)cc2)C(C)(C)OCc2ccccc2)c1OCOC(C)=O. The molecule has 0 aliphatic heterocycles. The van der Waals surface area contributed by atoms with Gasteiger partial charge in [-0.15, -0.1) is 0 Å². The molecule has 1 aromatic heterocycles. The van der Waals surface area contributed by atoms with Crippen LogP contribution in [0.2, 0.25) is 0 Å². The number of pyridine rings is 1. The lowest BCUT2D eigenvalue weighted by Gasteiger charge is -2.38. The minimum atomic E-state index is -1.07. The average molecular weight is 611 g/mol. The molecule has 0 aliphatic rings. The van der Waals surface area contributed by atoms with E-state index in [9.17, 15) is 18.8 Å². The van der Waals surface area contributed by atoms with Crippen molar-refractivity contribution >= 4 is 17.8 Å². The number of nitrogens with zero attached hydrogens (tertiary/aromatic N) is 1. The molecular weight excluding hydrogens is 571 g/mol. The van der Waals surface area contributed by atoms with Gasteiger partial charge in [-0.1, -0.05) is 42.5 Å². The number of ether oxygens (including phenoxy) is 5. The van der Waals surface area contributed by atoms with E-state index in [1.165, 1.54) is 45.4 Å². The third kappa shape index (κ3) is 9.77. The molecule has 10 nitrogen and oxygen atoms in total. The van der Waals surface area contributed by atoms with Crippen molar-refractivity contribution in [2.24, 2.45) is 5.92 Å². The summed E-state index contributed by atoms with van der Waals surface area (Å²) in [6.45, 7) is 8.18. The second kappa shape index (κ2) is 15.8. The van der Waals surface area contributed by atoms with Gasteiger partial charge < -0.3 is 29.0 Å². The Balaban J connectivity index is 1.74. The number of carbonyl (C=O) groups excluding carboxylic acids is 3. The minimum Gasteiger partial charge on any atom is -0.493 e. The summed E-state index contributed by atoms with van der Waals surface area (Å²) < 4.78 is 41.3. The van der Waals surface area contributed by atoms with Crippen molar-refractivity contribution in [3.05, 3.63) is 89.5 Å². The summed E-state index contributed by atoms with van der Waals surface area (Å²) in [5.74, 6) is -2.55. The number of carbonyl (C=O) groups is 3. The summed E-state index contributed by atoms with van der Waals surface area (Å²) in [5, 5.41) is 2.58. The van der Waals surface area contributed by atoms with Crippen LogP contribution in [0.25, 0.3) is 0 Å². The molecule has 0 radical (unpaired) electrons. The van der Waals surface area contributed by atoms with E-state index in [0.717, 1.165) is 11.1 Å². The number of methoxy groups -OCH3 is 1. The molecule has 3 rings (SSSR count). The molecule has 1 heterocycles. The van der Waals surface area contributed by atoms with E-state index in [1.54, 1.807) is 19.1 Å². The van der Waals surface area contributed by atoms with Crippen LogP contribution in [0, 0.1) is 11.7 Å². The lowest BCUT2D eigenvalue weighted by Crippen LogP contribution is -2.46. The molecule has 0 saturated heterocycles. The zero-order valence-corrected chi connectivity index (χ0v) is 25.8. The number of benzene rings is 2. The number of aromatic nitrogens is 1. The van der Waals surface area contributed by atoms with Crippen LogP contribution >= 0.6 is 0 Å². The minimum absolute atomic E-state index is 0.0561. The quantitative estimate of drug-likeness (QED) is 0.186.